The van der Waals surface area contributed by atoms with E-state index in [1.165, 1.54) is 13.8 Å². The minimum absolute atomic E-state index is 0.0569. The third kappa shape index (κ3) is 6.97. The number of carbonyl (C=O) groups is 4. The molecule has 0 aliphatic heterocycles. The molecule has 0 aliphatic rings. The van der Waals surface area contributed by atoms with Crippen LogP contribution in [0.5, 0.6) is 0 Å². The lowest BCUT2D eigenvalue weighted by atomic mass is 10.1. The van der Waals surface area contributed by atoms with Gasteiger partial charge in [-0.1, -0.05) is 6.92 Å². The van der Waals surface area contributed by atoms with Gasteiger partial charge < -0.3 is 9.47 Å². The molecule has 0 heterocycles. The third-order valence-electron chi connectivity index (χ3n) is 2.58. The molecule has 0 rings (SSSR count). The molecule has 0 aromatic heterocycles. The van der Waals surface area contributed by atoms with E-state index in [1.54, 1.807) is 41.5 Å². The monoisotopic (exact) mass is 344 g/mol. The summed E-state index contributed by atoms with van der Waals surface area (Å²) in [6.07, 6.45) is -1.73. The fourth-order valence-corrected chi connectivity index (χ4v) is 1.66. The van der Waals surface area contributed by atoms with Crippen molar-refractivity contribution in [2.45, 2.75) is 78.7 Å². The van der Waals surface area contributed by atoms with Gasteiger partial charge in [-0.15, -0.1) is 0 Å². The molecule has 0 aromatic rings. The lowest BCUT2D eigenvalue weighted by Gasteiger charge is -2.37. The fraction of sp³-hybridized carbons (Fsp3) is 0.750. The van der Waals surface area contributed by atoms with Crippen molar-refractivity contribution in [1.29, 1.82) is 0 Å². The topological polar surface area (TPSA) is 102 Å². The van der Waals surface area contributed by atoms with E-state index in [0.717, 1.165) is 0 Å². The van der Waals surface area contributed by atoms with Crippen molar-refractivity contribution in [3.63, 3.8) is 0 Å². The number of aldehydes is 1. The zero-order chi connectivity index (χ0) is 19.3. The summed E-state index contributed by atoms with van der Waals surface area (Å²) in [4.78, 5) is 48.7. The smallest absolute Gasteiger partial charge is 0.419 e. The number of carbonyl (C=O) groups excluding carboxylic acids is 4. The van der Waals surface area contributed by atoms with E-state index in [1.807, 2.05) is 0 Å². The van der Waals surface area contributed by atoms with Crippen LogP contribution < -0.4 is 5.32 Å². The highest BCUT2D eigenvalue weighted by atomic mass is 16.6. The van der Waals surface area contributed by atoms with E-state index in [9.17, 15) is 19.2 Å². The summed E-state index contributed by atoms with van der Waals surface area (Å²) >= 11 is 0. The molecule has 8 nitrogen and oxygen atoms in total. The number of alkyl carbamates (subject to hydrolysis) is 1. The Hall–Kier alpha value is -2.12. The lowest BCUT2D eigenvalue weighted by molar-refractivity contribution is -0.141. The van der Waals surface area contributed by atoms with Gasteiger partial charge in [0.2, 0.25) is 5.91 Å². The Morgan fingerprint density at radius 1 is 0.958 bits per heavy atom. The molecule has 0 unspecified atom stereocenters. The predicted octanol–water partition coefficient (Wildman–Crippen LogP) is 2.60. The molecule has 0 bridgehead atoms. The number of imide groups is 1. The first-order valence-corrected chi connectivity index (χ1v) is 7.68. The van der Waals surface area contributed by atoms with Crippen molar-refractivity contribution < 1.29 is 28.7 Å². The Kier molecular flexibility index (Phi) is 6.96. The molecule has 0 saturated carbocycles. The van der Waals surface area contributed by atoms with E-state index >= 15 is 0 Å². The van der Waals surface area contributed by atoms with Crippen LogP contribution in [-0.2, 0) is 19.1 Å². The van der Waals surface area contributed by atoms with Crippen molar-refractivity contribution in [1.82, 2.24) is 10.2 Å². The lowest BCUT2D eigenvalue weighted by Crippen LogP contribution is -2.64. The van der Waals surface area contributed by atoms with E-state index < -0.39 is 35.0 Å². The number of amides is 3. The molecule has 1 N–H and O–H groups in total. The predicted molar refractivity (Wildman–Crippen MR) is 87.2 cm³/mol. The fourth-order valence-electron chi connectivity index (χ4n) is 1.66. The molecule has 3 amide bonds. The molecule has 0 radical (unpaired) electrons. The second kappa shape index (κ2) is 7.63. The summed E-state index contributed by atoms with van der Waals surface area (Å²) in [6.45, 7) is 12.6. The van der Waals surface area contributed by atoms with Gasteiger partial charge in [-0.3, -0.25) is 14.9 Å². The van der Waals surface area contributed by atoms with Gasteiger partial charge in [0.15, 0.2) is 11.9 Å². The minimum Gasteiger partial charge on any atom is -0.444 e. The molecule has 0 saturated heterocycles. The maximum atomic E-state index is 12.4. The van der Waals surface area contributed by atoms with Crippen molar-refractivity contribution in [3.05, 3.63) is 0 Å². The van der Waals surface area contributed by atoms with Crippen LogP contribution in [0.15, 0.2) is 0 Å². The number of nitrogens with zero attached hydrogens (tertiary/aromatic N) is 1. The van der Waals surface area contributed by atoms with Crippen molar-refractivity contribution in [3.8, 4) is 0 Å². The van der Waals surface area contributed by atoms with Crippen molar-refractivity contribution >= 4 is 24.4 Å². The first kappa shape index (κ1) is 21.9. The number of hydrogen-bond donors (Lipinski definition) is 1. The second-order valence-corrected chi connectivity index (χ2v) is 7.46. The molecular formula is C16H28N2O6. The van der Waals surface area contributed by atoms with E-state index in [4.69, 9.17) is 9.47 Å². The number of nitrogens with one attached hydrogen (secondary N) is 1. The first-order chi connectivity index (χ1) is 10.6. The highest BCUT2D eigenvalue weighted by Gasteiger charge is 2.43. The molecule has 8 heteroatoms. The Bertz CT molecular complexity index is 504. The number of ether oxygens (including phenoxy) is 2. The average Bonchev–Trinajstić information content (AvgIpc) is 2.33. The van der Waals surface area contributed by atoms with Crippen LogP contribution in [0.4, 0.5) is 9.59 Å². The summed E-state index contributed by atoms with van der Waals surface area (Å²) in [7, 11) is 0. The maximum Gasteiger partial charge on any atom is 0.419 e. The minimum atomic E-state index is -1.93. The van der Waals surface area contributed by atoms with Crippen LogP contribution in [0.1, 0.15) is 61.8 Å². The molecule has 0 aromatic carbocycles. The van der Waals surface area contributed by atoms with Gasteiger partial charge in [0, 0.05) is 6.42 Å². The van der Waals surface area contributed by atoms with E-state index in [0.29, 0.717) is 4.90 Å². The maximum absolute atomic E-state index is 12.4. The van der Waals surface area contributed by atoms with Crippen LogP contribution >= 0.6 is 0 Å². The number of hydrogen-bond acceptors (Lipinski definition) is 6. The van der Waals surface area contributed by atoms with Gasteiger partial charge in [0.25, 0.3) is 0 Å². The van der Waals surface area contributed by atoms with Crippen LogP contribution in [0, 0.1) is 0 Å². The summed E-state index contributed by atoms with van der Waals surface area (Å²) in [6, 6.07) is 0. The number of rotatable bonds is 4. The normalized spacial score (nSPS) is 14.2. The standard InChI is InChI=1S/C16H28N2O6/c1-9-11(20)18(13(22)24-15(5,6)7)16(8,10-19)17-12(21)23-14(2,3)4/h10H,9H2,1-8H3,(H,17,21)/t16-/m0/s1. The third-order valence-corrected chi connectivity index (χ3v) is 2.58. The van der Waals surface area contributed by atoms with Gasteiger partial charge >= 0.3 is 12.2 Å². The van der Waals surface area contributed by atoms with Crippen molar-refractivity contribution in [2.24, 2.45) is 0 Å². The molecule has 24 heavy (non-hydrogen) atoms. The Morgan fingerprint density at radius 3 is 1.75 bits per heavy atom. The van der Waals surface area contributed by atoms with Gasteiger partial charge in [0.1, 0.15) is 11.2 Å². The molecule has 0 aliphatic carbocycles. The second-order valence-electron chi connectivity index (χ2n) is 7.46. The summed E-state index contributed by atoms with van der Waals surface area (Å²) in [5, 5.41) is 2.26. The first-order valence-electron chi connectivity index (χ1n) is 7.68. The zero-order valence-electron chi connectivity index (χ0n) is 15.7. The van der Waals surface area contributed by atoms with E-state index in [2.05, 4.69) is 5.32 Å². The summed E-state index contributed by atoms with van der Waals surface area (Å²) in [5.41, 5.74) is -3.61. The van der Waals surface area contributed by atoms with Gasteiger partial charge in [-0.25, -0.2) is 14.5 Å². The molecule has 1 atom stereocenters. The summed E-state index contributed by atoms with van der Waals surface area (Å²) in [5.74, 6) is -0.671. The zero-order valence-corrected chi connectivity index (χ0v) is 15.7. The highest BCUT2D eigenvalue weighted by Crippen LogP contribution is 2.18. The van der Waals surface area contributed by atoms with Crippen LogP contribution in [0.25, 0.3) is 0 Å². The van der Waals surface area contributed by atoms with Gasteiger partial charge in [0.05, 0.1) is 0 Å². The average molecular weight is 344 g/mol. The Balaban J connectivity index is 5.60. The molecule has 0 spiro atoms. The quantitative estimate of drug-likeness (QED) is 0.621. The summed E-state index contributed by atoms with van der Waals surface area (Å²) < 4.78 is 10.2. The van der Waals surface area contributed by atoms with Gasteiger partial charge in [-0.05, 0) is 48.5 Å². The van der Waals surface area contributed by atoms with E-state index in [-0.39, 0.29) is 12.7 Å². The highest BCUT2D eigenvalue weighted by molar-refractivity contribution is 5.97. The SMILES string of the molecule is CCC(=O)N(C(=O)OC(C)(C)C)[C@@](C)(C=O)NC(=O)OC(C)(C)C. The van der Waals surface area contributed by atoms with Crippen LogP contribution in [0.3, 0.4) is 0 Å². The van der Waals surface area contributed by atoms with Crippen LogP contribution in [-0.4, -0.2) is 46.1 Å². The molecule has 0 fully saturated rings. The van der Waals surface area contributed by atoms with Crippen LogP contribution in [0.2, 0.25) is 0 Å². The largest absolute Gasteiger partial charge is 0.444 e. The Labute approximate surface area is 142 Å². The molecule has 138 valence electrons. The Morgan fingerprint density at radius 2 is 1.42 bits per heavy atom. The van der Waals surface area contributed by atoms with Gasteiger partial charge in [-0.2, -0.15) is 0 Å². The molecular weight excluding hydrogens is 316 g/mol. The van der Waals surface area contributed by atoms with Crippen molar-refractivity contribution in [2.75, 3.05) is 0 Å².